The summed E-state index contributed by atoms with van der Waals surface area (Å²) in [5, 5.41) is 4.16. The molecule has 2 heterocycles. The van der Waals surface area contributed by atoms with Gasteiger partial charge in [-0.15, -0.1) is 0 Å². The van der Waals surface area contributed by atoms with Crippen LogP contribution < -0.4 is 5.32 Å². The molecule has 1 N–H and O–H groups in total. The van der Waals surface area contributed by atoms with Gasteiger partial charge in [0.2, 0.25) is 0 Å². The third kappa shape index (κ3) is 2.33. The standard InChI is InChI=1S/C17H20N2O2/c1-11-14-4-2-3-5-15(14)21-16(11)17(20)18-12-8-9-19(10-12)13-6-7-13/h2-5,12-13H,6-10H2,1H3,(H,18,20)/t12-/m1/s1. The Hall–Kier alpha value is -1.81. The highest BCUT2D eigenvalue weighted by Gasteiger charge is 2.35. The van der Waals surface area contributed by atoms with E-state index in [4.69, 9.17) is 4.42 Å². The van der Waals surface area contributed by atoms with Gasteiger partial charge in [0.15, 0.2) is 5.76 Å². The lowest BCUT2D eigenvalue weighted by molar-refractivity contribution is 0.0911. The molecular formula is C17H20N2O2. The van der Waals surface area contributed by atoms with Crippen LogP contribution in [0.1, 0.15) is 35.4 Å². The average Bonchev–Trinajstić information content (AvgIpc) is 3.15. The molecule has 0 bridgehead atoms. The molecule has 0 spiro atoms. The molecule has 2 fully saturated rings. The number of hydrogen-bond donors (Lipinski definition) is 1. The lowest BCUT2D eigenvalue weighted by Gasteiger charge is -2.15. The maximum atomic E-state index is 12.5. The number of amides is 1. The molecule has 4 nitrogen and oxygen atoms in total. The van der Waals surface area contributed by atoms with E-state index >= 15 is 0 Å². The van der Waals surface area contributed by atoms with Gasteiger partial charge < -0.3 is 9.73 Å². The summed E-state index contributed by atoms with van der Waals surface area (Å²) >= 11 is 0. The summed E-state index contributed by atoms with van der Waals surface area (Å²) in [5.41, 5.74) is 1.71. The number of para-hydroxylation sites is 1. The van der Waals surface area contributed by atoms with Crippen molar-refractivity contribution in [3.05, 3.63) is 35.6 Å². The largest absolute Gasteiger partial charge is 0.451 e. The predicted octanol–water partition coefficient (Wildman–Crippen LogP) is 2.71. The summed E-state index contributed by atoms with van der Waals surface area (Å²) in [6.45, 7) is 4.04. The molecule has 4 rings (SSSR count). The second kappa shape index (κ2) is 4.88. The molecule has 1 saturated carbocycles. The third-order valence-corrected chi connectivity index (χ3v) is 4.67. The highest BCUT2D eigenvalue weighted by Crippen LogP contribution is 2.30. The zero-order valence-electron chi connectivity index (χ0n) is 12.3. The van der Waals surface area contributed by atoms with E-state index in [1.807, 2.05) is 31.2 Å². The number of furan rings is 1. The molecule has 0 radical (unpaired) electrons. The maximum absolute atomic E-state index is 12.5. The molecule has 0 unspecified atom stereocenters. The molecule has 1 atom stereocenters. The molecule has 1 aliphatic heterocycles. The highest BCUT2D eigenvalue weighted by atomic mass is 16.3. The Morgan fingerprint density at radius 1 is 1.29 bits per heavy atom. The molecule has 1 amide bonds. The van der Waals surface area contributed by atoms with Crippen LogP contribution in [0.2, 0.25) is 0 Å². The molecule has 21 heavy (non-hydrogen) atoms. The first kappa shape index (κ1) is 12.9. The Labute approximate surface area is 124 Å². The first-order valence-corrected chi connectivity index (χ1v) is 7.75. The van der Waals surface area contributed by atoms with Gasteiger partial charge in [-0.25, -0.2) is 0 Å². The number of fused-ring (bicyclic) bond motifs is 1. The minimum atomic E-state index is -0.0775. The van der Waals surface area contributed by atoms with Crippen LogP contribution in [0, 0.1) is 6.92 Å². The van der Waals surface area contributed by atoms with E-state index in [0.717, 1.165) is 42.1 Å². The van der Waals surface area contributed by atoms with E-state index in [-0.39, 0.29) is 11.9 Å². The molecule has 4 heteroatoms. The summed E-state index contributed by atoms with van der Waals surface area (Å²) < 4.78 is 5.73. The zero-order valence-corrected chi connectivity index (χ0v) is 12.3. The number of benzene rings is 1. The number of aryl methyl sites for hydroxylation is 1. The molecular weight excluding hydrogens is 264 g/mol. The Morgan fingerprint density at radius 3 is 2.86 bits per heavy atom. The predicted molar refractivity (Wildman–Crippen MR) is 81.4 cm³/mol. The van der Waals surface area contributed by atoms with Crippen LogP contribution in [0.4, 0.5) is 0 Å². The number of likely N-dealkylation sites (tertiary alicyclic amines) is 1. The number of carbonyl (C=O) groups is 1. The Balaban J connectivity index is 1.50. The SMILES string of the molecule is Cc1c(C(=O)N[C@@H]2CCN(C3CC3)C2)oc2ccccc12. The van der Waals surface area contributed by atoms with Gasteiger partial charge >= 0.3 is 0 Å². The van der Waals surface area contributed by atoms with Crippen LogP contribution in [-0.2, 0) is 0 Å². The van der Waals surface area contributed by atoms with Crippen LogP contribution in [0.3, 0.4) is 0 Å². The molecule has 1 aliphatic carbocycles. The molecule has 2 aromatic rings. The molecule has 1 saturated heterocycles. The van der Waals surface area contributed by atoms with Gasteiger partial charge in [-0.05, 0) is 32.3 Å². The molecule has 110 valence electrons. The number of nitrogens with one attached hydrogen (secondary N) is 1. The van der Waals surface area contributed by atoms with Crippen molar-refractivity contribution in [1.29, 1.82) is 0 Å². The number of rotatable bonds is 3. The van der Waals surface area contributed by atoms with E-state index in [1.165, 1.54) is 12.8 Å². The summed E-state index contributed by atoms with van der Waals surface area (Å²) in [7, 11) is 0. The average molecular weight is 284 g/mol. The van der Waals surface area contributed by atoms with Gasteiger partial charge in [-0.1, -0.05) is 18.2 Å². The monoisotopic (exact) mass is 284 g/mol. The molecule has 2 aliphatic rings. The normalized spacial score (nSPS) is 22.8. The summed E-state index contributed by atoms with van der Waals surface area (Å²) in [6, 6.07) is 8.83. The Morgan fingerprint density at radius 2 is 2.10 bits per heavy atom. The van der Waals surface area contributed by atoms with E-state index in [2.05, 4.69) is 10.2 Å². The number of carbonyl (C=O) groups excluding carboxylic acids is 1. The van der Waals surface area contributed by atoms with Crippen molar-refractivity contribution in [2.24, 2.45) is 0 Å². The summed E-state index contributed by atoms with van der Waals surface area (Å²) in [6.07, 6.45) is 3.69. The molecule has 1 aromatic carbocycles. The van der Waals surface area contributed by atoms with E-state index in [1.54, 1.807) is 0 Å². The van der Waals surface area contributed by atoms with Gasteiger partial charge in [0, 0.05) is 36.1 Å². The summed E-state index contributed by atoms with van der Waals surface area (Å²) in [4.78, 5) is 15.0. The van der Waals surface area contributed by atoms with Gasteiger partial charge in [-0.2, -0.15) is 0 Å². The van der Waals surface area contributed by atoms with Crippen LogP contribution in [0.5, 0.6) is 0 Å². The second-order valence-electron chi connectivity index (χ2n) is 6.24. The van der Waals surface area contributed by atoms with Crippen molar-refractivity contribution < 1.29 is 9.21 Å². The minimum absolute atomic E-state index is 0.0775. The van der Waals surface area contributed by atoms with Gasteiger partial charge in [0.05, 0.1) is 0 Å². The van der Waals surface area contributed by atoms with Crippen molar-refractivity contribution in [1.82, 2.24) is 10.2 Å². The van der Waals surface area contributed by atoms with Crippen LogP contribution in [0.15, 0.2) is 28.7 Å². The van der Waals surface area contributed by atoms with Crippen molar-refractivity contribution in [3.8, 4) is 0 Å². The number of hydrogen-bond acceptors (Lipinski definition) is 3. The topological polar surface area (TPSA) is 45.5 Å². The van der Waals surface area contributed by atoms with E-state index < -0.39 is 0 Å². The van der Waals surface area contributed by atoms with Gasteiger partial charge in [-0.3, -0.25) is 9.69 Å². The maximum Gasteiger partial charge on any atom is 0.287 e. The zero-order chi connectivity index (χ0) is 14.4. The van der Waals surface area contributed by atoms with Crippen molar-refractivity contribution in [2.75, 3.05) is 13.1 Å². The summed E-state index contributed by atoms with van der Waals surface area (Å²) in [5.74, 6) is 0.382. The van der Waals surface area contributed by atoms with Crippen molar-refractivity contribution in [3.63, 3.8) is 0 Å². The third-order valence-electron chi connectivity index (χ3n) is 4.67. The van der Waals surface area contributed by atoms with Gasteiger partial charge in [0.25, 0.3) is 5.91 Å². The van der Waals surface area contributed by atoms with Crippen molar-refractivity contribution in [2.45, 2.75) is 38.3 Å². The fraction of sp³-hybridized carbons (Fsp3) is 0.471. The van der Waals surface area contributed by atoms with E-state index in [0.29, 0.717) is 5.76 Å². The smallest absolute Gasteiger partial charge is 0.287 e. The van der Waals surface area contributed by atoms with Gasteiger partial charge in [0.1, 0.15) is 5.58 Å². The quantitative estimate of drug-likeness (QED) is 0.942. The lowest BCUT2D eigenvalue weighted by Crippen LogP contribution is -2.37. The lowest BCUT2D eigenvalue weighted by atomic mass is 10.1. The Bertz CT molecular complexity index is 687. The fourth-order valence-electron chi connectivity index (χ4n) is 3.32. The second-order valence-corrected chi connectivity index (χ2v) is 6.24. The first-order chi connectivity index (χ1) is 10.2. The number of nitrogens with zero attached hydrogens (tertiary/aromatic N) is 1. The van der Waals surface area contributed by atoms with E-state index in [9.17, 15) is 4.79 Å². The fourth-order valence-corrected chi connectivity index (χ4v) is 3.32. The minimum Gasteiger partial charge on any atom is -0.451 e. The van der Waals surface area contributed by atoms with Crippen LogP contribution >= 0.6 is 0 Å². The Kier molecular flexibility index (Phi) is 3.00. The van der Waals surface area contributed by atoms with Crippen molar-refractivity contribution >= 4 is 16.9 Å². The van der Waals surface area contributed by atoms with Crippen LogP contribution in [0.25, 0.3) is 11.0 Å². The van der Waals surface area contributed by atoms with Crippen LogP contribution in [-0.4, -0.2) is 36.0 Å². The highest BCUT2D eigenvalue weighted by molar-refractivity contribution is 5.99. The molecule has 1 aromatic heterocycles. The first-order valence-electron chi connectivity index (χ1n) is 7.75.